The minimum Gasteiger partial charge on any atom is -0.481 e. The van der Waals surface area contributed by atoms with Crippen molar-refractivity contribution < 1.29 is 19.8 Å². The summed E-state index contributed by atoms with van der Waals surface area (Å²) in [6.45, 7) is 3.87. The van der Waals surface area contributed by atoms with Gasteiger partial charge in [-0.25, -0.2) is 0 Å². The van der Waals surface area contributed by atoms with Gasteiger partial charge in [-0.15, -0.1) is 0 Å². The van der Waals surface area contributed by atoms with Crippen LogP contribution in [0.4, 0.5) is 0 Å². The monoisotopic (exact) mass is 212 g/mol. The number of aliphatic carboxylic acids is 2. The molecule has 0 aliphatic carbocycles. The summed E-state index contributed by atoms with van der Waals surface area (Å²) in [6, 6.07) is 0. The fourth-order valence-electron chi connectivity index (χ4n) is 1.32. The van der Waals surface area contributed by atoms with E-state index < -0.39 is 17.9 Å². The molecule has 0 heterocycles. The molecule has 1 atom stereocenters. The third kappa shape index (κ3) is 6.20. The average Bonchev–Trinajstić information content (AvgIpc) is 1.99. The lowest BCUT2D eigenvalue weighted by molar-refractivity contribution is -0.155. The average molecular weight is 213 g/mol. The highest BCUT2D eigenvalue weighted by atomic mass is 24.3. The Kier molecular flexibility index (Phi) is 9.29. The van der Waals surface area contributed by atoms with Gasteiger partial charge in [0.1, 0.15) is 0 Å². The topological polar surface area (TPSA) is 74.6 Å². The van der Waals surface area contributed by atoms with E-state index in [4.69, 9.17) is 10.2 Å². The summed E-state index contributed by atoms with van der Waals surface area (Å²) in [5.41, 5.74) is 0. The maximum Gasteiger partial charge on any atom is 0.317 e. The van der Waals surface area contributed by atoms with Crippen LogP contribution in [0.15, 0.2) is 0 Å². The van der Waals surface area contributed by atoms with Crippen LogP contribution in [-0.4, -0.2) is 45.2 Å². The van der Waals surface area contributed by atoms with E-state index in [1.807, 2.05) is 13.8 Å². The predicted molar refractivity (Wildman–Crippen MR) is 53.2 cm³/mol. The summed E-state index contributed by atoms with van der Waals surface area (Å²) in [4.78, 5) is 21.0. The lowest BCUT2D eigenvalue weighted by Gasteiger charge is -2.12. The molecule has 4 nitrogen and oxygen atoms in total. The zero-order chi connectivity index (χ0) is 10.4. The van der Waals surface area contributed by atoms with Gasteiger partial charge in [0, 0.05) is 23.1 Å². The van der Waals surface area contributed by atoms with Crippen molar-refractivity contribution >= 4 is 35.0 Å². The van der Waals surface area contributed by atoms with Crippen molar-refractivity contribution in [1.82, 2.24) is 0 Å². The summed E-state index contributed by atoms with van der Waals surface area (Å²) in [5.74, 6) is -3.57. The summed E-state index contributed by atoms with van der Waals surface area (Å²) >= 11 is 0. The minimum atomic E-state index is -1.25. The molecule has 0 rings (SSSR count). The predicted octanol–water partition coefficient (Wildman–Crippen LogP) is 1.22. The Morgan fingerprint density at radius 1 is 1.21 bits per heavy atom. The number of carboxylic acids is 2. The van der Waals surface area contributed by atoms with Gasteiger partial charge in [-0.05, 0) is 12.3 Å². The SMILES string of the molecule is CCCC(C)CC(C(=O)O)C(=O)O.[Mg]. The van der Waals surface area contributed by atoms with E-state index >= 15 is 0 Å². The van der Waals surface area contributed by atoms with Crippen LogP contribution in [0.5, 0.6) is 0 Å². The van der Waals surface area contributed by atoms with Crippen LogP contribution < -0.4 is 0 Å². The zero-order valence-electron chi connectivity index (χ0n) is 8.69. The highest BCUT2D eigenvalue weighted by molar-refractivity contribution is 5.92. The Bertz CT molecular complexity index is 179. The van der Waals surface area contributed by atoms with E-state index in [0.29, 0.717) is 0 Å². The van der Waals surface area contributed by atoms with Gasteiger partial charge < -0.3 is 10.2 Å². The first-order valence-corrected chi connectivity index (χ1v) is 4.44. The van der Waals surface area contributed by atoms with Crippen molar-refractivity contribution in [2.45, 2.75) is 33.1 Å². The molecule has 0 aromatic carbocycles. The lowest BCUT2D eigenvalue weighted by Crippen LogP contribution is -2.25. The first-order chi connectivity index (χ1) is 5.99. The summed E-state index contributed by atoms with van der Waals surface area (Å²) < 4.78 is 0. The second-order valence-electron chi connectivity index (χ2n) is 3.36. The van der Waals surface area contributed by atoms with Crippen LogP contribution >= 0.6 is 0 Å². The standard InChI is InChI=1S/C9H16O4.Mg/c1-3-4-6(2)5-7(8(10)11)9(12)13;/h6-7H,3-5H2,1-2H3,(H,10,11)(H,12,13);. The van der Waals surface area contributed by atoms with E-state index in [0.717, 1.165) is 12.8 Å². The van der Waals surface area contributed by atoms with Crippen LogP contribution in [0, 0.1) is 11.8 Å². The van der Waals surface area contributed by atoms with E-state index in [-0.39, 0.29) is 35.4 Å². The first-order valence-electron chi connectivity index (χ1n) is 4.44. The Labute approximate surface area is 99.8 Å². The molecule has 0 fully saturated rings. The van der Waals surface area contributed by atoms with Crippen LogP contribution in [0.1, 0.15) is 33.1 Å². The maximum atomic E-state index is 10.5. The number of carboxylic acid groups (broad SMARTS) is 2. The minimum absolute atomic E-state index is 0. The molecule has 0 amide bonds. The maximum absolute atomic E-state index is 10.5. The fourth-order valence-corrected chi connectivity index (χ4v) is 1.32. The number of rotatable bonds is 6. The first kappa shape index (κ1) is 16.1. The molecule has 78 valence electrons. The van der Waals surface area contributed by atoms with Crippen molar-refractivity contribution in [3.05, 3.63) is 0 Å². The molecule has 0 aromatic rings. The highest BCUT2D eigenvalue weighted by Crippen LogP contribution is 2.17. The van der Waals surface area contributed by atoms with Gasteiger partial charge in [0.15, 0.2) is 5.92 Å². The molecular weight excluding hydrogens is 196 g/mol. The molecular formula is C9H16MgO4. The molecule has 0 aliphatic heterocycles. The van der Waals surface area contributed by atoms with Gasteiger partial charge in [0.05, 0.1) is 0 Å². The van der Waals surface area contributed by atoms with Crippen LogP contribution in [0.25, 0.3) is 0 Å². The number of hydrogen-bond donors (Lipinski definition) is 2. The second kappa shape index (κ2) is 8.05. The summed E-state index contributed by atoms with van der Waals surface area (Å²) in [7, 11) is 0. The second-order valence-corrected chi connectivity index (χ2v) is 3.36. The normalized spacial score (nSPS) is 11.9. The van der Waals surface area contributed by atoms with E-state index in [1.54, 1.807) is 0 Å². The van der Waals surface area contributed by atoms with Gasteiger partial charge in [0.2, 0.25) is 0 Å². The quantitative estimate of drug-likeness (QED) is 0.513. The van der Waals surface area contributed by atoms with Gasteiger partial charge in [-0.2, -0.15) is 0 Å². The molecule has 0 spiro atoms. The molecule has 0 saturated carbocycles. The molecule has 5 heteroatoms. The molecule has 0 aliphatic rings. The molecule has 14 heavy (non-hydrogen) atoms. The smallest absolute Gasteiger partial charge is 0.317 e. The molecule has 0 saturated heterocycles. The van der Waals surface area contributed by atoms with Gasteiger partial charge >= 0.3 is 11.9 Å². The van der Waals surface area contributed by atoms with Gasteiger partial charge in [-0.3, -0.25) is 9.59 Å². The Balaban J connectivity index is 0. The Hall–Kier alpha value is -0.294. The summed E-state index contributed by atoms with van der Waals surface area (Å²) in [6.07, 6.45) is 2.04. The van der Waals surface area contributed by atoms with E-state index in [9.17, 15) is 9.59 Å². The molecule has 0 aromatic heterocycles. The van der Waals surface area contributed by atoms with Crippen LogP contribution in [0.2, 0.25) is 0 Å². The van der Waals surface area contributed by atoms with E-state index in [2.05, 4.69) is 0 Å². The Morgan fingerprint density at radius 3 is 1.93 bits per heavy atom. The lowest BCUT2D eigenvalue weighted by atomic mass is 9.93. The molecule has 2 N–H and O–H groups in total. The number of hydrogen-bond acceptors (Lipinski definition) is 2. The molecule has 1 unspecified atom stereocenters. The third-order valence-corrected chi connectivity index (χ3v) is 2.02. The highest BCUT2D eigenvalue weighted by Gasteiger charge is 2.27. The summed E-state index contributed by atoms with van der Waals surface area (Å²) in [5, 5.41) is 17.2. The van der Waals surface area contributed by atoms with Crippen LogP contribution in [0.3, 0.4) is 0 Å². The van der Waals surface area contributed by atoms with Crippen molar-refractivity contribution in [3.63, 3.8) is 0 Å². The third-order valence-electron chi connectivity index (χ3n) is 2.02. The van der Waals surface area contributed by atoms with Gasteiger partial charge in [-0.1, -0.05) is 26.7 Å². The number of carbonyl (C=O) groups is 2. The molecule has 2 radical (unpaired) electrons. The zero-order valence-corrected chi connectivity index (χ0v) is 10.1. The molecule has 0 bridgehead atoms. The van der Waals surface area contributed by atoms with Crippen molar-refractivity contribution in [2.24, 2.45) is 11.8 Å². The van der Waals surface area contributed by atoms with E-state index in [1.165, 1.54) is 0 Å². The van der Waals surface area contributed by atoms with Crippen LogP contribution in [-0.2, 0) is 9.59 Å². The fraction of sp³-hybridized carbons (Fsp3) is 0.778. The Morgan fingerprint density at radius 2 is 1.64 bits per heavy atom. The van der Waals surface area contributed by atoms with Crippen molar-refractivity contribution in [1.29, 1.82) is 0 Å². The largest absolute Gasteiger partial charge is 0.481 e. The van der Waals surface area contributed by atoms with Crippen molar-refractivity contribution in [2.75, 3.05) is 0 Å². The van der Waals surface area contributed by atoms with Crippen molar-refractivity contribution in [3.8, 4) is 0 Å². The van der Waals surface area contributed by atoms with Gasteiger partial charge in [0.25, 0.3) is 0 Å².